The van der Waals surface area contributed by atoms with Crippen molar-refractivity contribution in [3.05, 3.63) is 117 Å². The van der Waals surface area contributed by atoms with Gasteiger partial charge in [0.2, 0.25) is 10.0 Å². The maximum atomic E-state index is 12.9. The zero-order valence-electron chi connectivity index (χ0n) is 29.7. The molecule has 0 aliphatic heterocycles. The van der Waals surface area contributed by atoms with Crippen LogP contribution < -0.4 is 15.2 Å². The molecule has 0 amide bonds. The van der Waals surface area contributed by atoms with Crippen molar-refractivity contribution in [3.8, 4) is 17.2 Å². The first-order valence-electron chi connectivity index (χ1n) is 17.4. The zero-order valence-corrected chi connectivity index (χ0v) is 31.2. The van der Waals surface area contributed by atoms with Crippen LogP contribution in [-0.4, -0.2) is 37.9 Å². The second-order valence-corrected chi connectivity index (χ2v) is 17.3. The minimum absolute atomic E-state index is 0.000558. The first-order valence-corrected chi connectivity index (χ1v) is 19.6. The molecule has 3 unspecified atom stereocenters. The first-order chi connectivity index (χ1) is 24.0. The van der Waals surface area contributed by atoms with Crippen molar-refractivity contribution in [1.29, 1.82) is 0 Å². The molecule has 1 fully saturated rings. The van der Waals surface area contributed by atoms with Crippen molar-refractivity contribution in [3.63, 3.8) is 0 Å². The highest BCUT2D eigenvalue weighted by Crippen LogP contribution is 2.57. The number of hydrogen-bond acceptors (Lipinski definition) is 7. The second-order valence-electron chi connectivity index (χ2n) is 15.0. The van der Waals surface area contributed by atoms with Crippen LogP contribution >= 0.6 is 11.6 Å². The average molecular weight is 729 g/mol. The molecule has 3 atom stereocenters. The predicted molar refractivity (Wildman–Crippen MR) is 202 cm³/mol. The zero-order chi connectivity index (χ0) is 36.9. The molecule has 0 radical (unpaired) electrons. The number of rotatable bonds is 6. The van der Waals surface area contributed by atoms with E-state index in [1.807, 2.05) is 0 Å². The van der Waals surface area contributed by atoms with Gasteiger partial charge in [-0.3, -0.25) is 9.59 Å². The van der Waals surface area contributed by atoms with Gasteiger partial charge in [-0.05, 0) is 89.3 Å². The number of carbonyl (C=O) groups is 2. The van der Waals surface area contributed by atoms with Gasteiger partial charge in [0, 0.05) is 28.8 Å². The van der Waals surface area contributed by atoms with E-state index in [1.165, 1.54) is 41.9 Å². The van der Waals surface area contributed by atoms with E-state index in [2.05, 4.69) is 50.6 Å². The van der Waals surface area contributed by atoms with E-state index in [1.54, 1.807) is 48.5 Å². The summed E-state index contributed by atoms with van der Waals surface area (Å²) in [4.78, 5) is 25.6. The molecule has 3 aliphatic carbocycles. The van der Waals surface area contributed by atoms with Crippen molar-refractivity contribution < 1.29 is 27.9 Å². The van der Waals surface area contributed by atoms with Gasteiger partial charge in [-0.1, -0.05) is 88.2 Å². The number of sulfonamides is 1. The number of phenols is 1. The molecule has 4 N–H and O–H groups in total. The number of benzene rings is 4. The minimum Gasteiger partial charge on any atom is -0.507 e. The van der Waals surface area contributed by atoms with Crippen LogP contribution in [0.15, 0.2) is 72.8 Å². The highest BCUT2D eigenvalue weighted by molar-refractivity contribution is 7.88. The smallest absolute Gasteiger partial charge is 0.208 e. The molecule has 0 bridgehead atoms. The van der Waals surface area contributed by atoms with Crippen LogP contribution in [0.3, 0.4) is 0 Å². The Morgan fingerprint density at radius 2 is 1.61 bits per heavy atom. The molecule has 51 heavy (non-hydrogen) atoms. The lowest BCUT2D eigenvalue weighted by atomic mass is 9.50. The van der Waals surface area contributed by atoms with Gasteiger partial charge in [0.1, 0.15) is 11.5 Å². The molecule has 0 saturated heterocycles. The number of nitrogens with two attached hydrogens (primary N) is 1. The molecule has 4 aromatic carbocycles. The van der Waals surface area contributed by atoms with Crippen LogP contribution in [0.4, 0.5) is 5.69 Å². The summed E-state index contributed by atoms with van der Waals surface area (Å²) in [6.07, 6.45) is 7.02. The number of carbonyl (C=O) groups excluding carboxylic acids is 2. The van der Waals surface area contributed by atoms with Gasteiger partial charge < -0.3 is 15.6 Å². The van der Waals surface area contributed by atoms with Gasteiger partial charge >= 0.3 is 0 Å². The fourth-order valence-electron chi connectivity index (χ4n) is 8.50. The van der Waals surface area contributed by atoms with E-state index >= 15 is 0 Å². The van der Waals surface area contributed by atoms with Crippen molar-refractivity contribution >= 4 is 38.9 Å². The van der Waals surface area contributed by atoms with Gasteiger partial charge in [0.15, 0.2) is 17.3 Å². The Labute approximate surface area is 305 Å². The lowest BCUT2D eigenvalue weighted by Crippen LogP contribution is -2.53. The van der Waals surface area contributed by atoms with Crippen molar-refractivity contribution in [2.24, 2.45) is 11.3 Å². The van der Waals surface area contributed by atoms with E-state index in [-0.39, 0.29) is 50.3 Å². The molecule has 0 spiro atoms. The number of aryl methyl sites for hydroxylation is 1. The van der Waals surface area contributed by atoms with E-state index < -0.39 is 21.6 Å². The third kappa shape index (κ3) is 7.04. The van der Waals surface area contributed by atoms with Gasteiger partial charge in [-0.25, -0.2) is 13.1 Å². The maximum Gasteiger partial charge on any atom is 0.208 e. The number of halogens is 1. The molecule has 0 heterocycles. The topological polar surface area (TPSA) is 136 Å². The average Bonchev–Trinajstić information content (AvgIpc) is 3.08. The predicted octanol–water partition coefficient (Wildman–Crippen LogP) is 8.57. The number of nitrogens with one attached hydrogen (secondary N) is 1. The van der Waals surface area contributed by atoms with Gasteiger partial charge in [-0.15, -0.1) is 0 Å². The molecule has 7 rings (SSSR count). The summed E-state index contributed by atoms with van der Waals surface area (Å²) >= 11 is 5.85. The van der Waals surface area contributed by atoms with E-state index in [0.29, 0.717) is 29.2 Å². The fourth-order valence-corrected chi connectivity index (χ4v) is 9.22. The largest absolute Gasteiger partial charge is 0.507 e. The third-order valence-corrected chi connectivity index (χ3v) is 12.0. The van der Waals surface area contributed by atoms with Crippen LogP contribution in [0.2, 0.25) is 5.02 Å². The number of ketones is 2. The third-order valence-electron chi connectivity index (χ3n) is 11.1. The van der Waals surface area contributed by atoms with E-state index in [9.17, 15) is 23.1 Å². The van der Waals surface area contributed by atoms with Gasteiger partial charge in [-0.2, -0.15) is 0 Å². The lowest BCUT2D eigenvalue weighted by Gasteiger charge is -2.55. The Balaban J connectivity index is 0.000000176. The normalized spacial score (nSPS) is 22.2. The van der Waals surface area contributed by atoms with Crippen molar-refractivity contribution in [2.75, 3.05) is 18.5 Å². The number of ether oxygens (including phenoxy) is 1. The van der Waals surface area contributed by atoms with Crippen LogP contribution in [0.1, 0.15) is 108 Å². The molecule has 3 aliphatic rings. The van der Waals surface area contributed by atoms with Crippen molar-refractivity contribution in [2.45, 2.75) is 71.1 Å². The second kappa shape index (κ2) is 13.7. The van der Waals surface area contributed by atoms with Crippen LogP contribution in [0, 0.1) is 11.3 Å². The standard InChI is InChI=1S/C21H33NO2S.C20H12ClNO4/c1-15(2)16-7-9-18-17(13-16)8-10-19-20(3,14-22-25(5,23)24)11-6-12-21(18,19)4;21-10-5-7-11(8-6-10)26-15-9-14(23)16-17(18(15)22)20(25)13-4-2-1-3-12(13)19(16)24/h7,9,13,15,19,22H,6,8,10-12,14H2,1-5H3;1-9,23H,22H2. The number of hydrogen-bond donors (Lipinski definition) is 3. The maximum absolute atomic E-state index is 12.9. The van der Waals surface area contributed by atoms with Crippen LogP contribution in [0.25, 0.3) is 0 Å². The summed E-state index contributed by atoms with van der Waals surface area (Å²) in [6.45, 7) is 9.78. The summed E-state index contributed by atoms with van der Waals surface area (Å²) in [5.74, 6) is 0.374. The molecular weight excluding hydrogens is 684 g/mol. The summed E-state index contributed by atoms with van der Waals surface area (Å²) < 4.78 is 31.8. The highest BCUT2D eigenvalue weighted by atomic mass is 35.5. The lowest BCUT2D eigenvalue weighted by molar-refractivity contribution is 0.0299. The molecule has 268 valence electrons. The molecule has 10 heteroatoms. The highest BCUT2D eigenvalue weighted by Gasteiger charge is 2.51. The number of phenolic OH excluding ortho intramolecular Hbond substituents is 1. The van der Waals surface area contributed by atoms with E-state index in [4.69, 9.17) is 22.1 Å². The monoisotopic (exact) mass is 728 g/mol. The first kappa shape index (κ1) is 36.6. The van der Waals surface area contributed by atoms with Crippen LogP contribution in [0.5, 0.6) is 17.2 Å². The van der Waals surface area contributed by atoms with E-state index in [0.717, 1.165) is 19.3 Å². The molecule has 1 saturated carbocycles. The Bertz CT molecular complexity index is 2130. The number of anilines is 1. The Morgan fingerprint density at radius 3 is 2.24 bits per heavy atom. The van der Waals surface area contributed by atoms with Crippen LogP contribution in [-0.2, 0) is 21.9 Å². The minimum atomic E-state index is -3.14. The number of nitrogen functional groups attached to an aromatic ring is 1. The molecule has 8 nitrogen and oxygen atoms in total. The Kier molecular flexibility index (Phi) is 9.87. The summed E-state index contributed by atoms with van der Waals surface area (Å²) in [7, 11) is -3.14. The number of aromatic hydroxyl groups is 1. The Morgan fingerprint density at radius 1 is 0.961 bits per heavy atom. The molecule has 0 aromatic heterocycles. The van der Waals surface area contributed by atoms with Gasteiger partial charge in [0.25, 0.3) is 0 Å². The van der Waals surface area contributed by atoms with Crippen molar-refractivity contribution in [1.82, 2.24) is 4.72 Å². The number of fused-ring (bicyclic) bond motifs is 5. The summed E-state index contributed by atoms with van der Waals surface area (Å²) in [5, 5.41) is 10.9. The Hall–Kier alpha value is -4.18. The molecular formula is C41H45ClN2O6S. The summed E-state index contributed by atoms with van der Waals surface area (Å²) in [6, 6.07) is 21.3. The summed E-state index contributed by atoms with van der Waals surface area (Å²) in [5.41, 5.74) is 11.1. The van der Waals surface area contributed by atoms with Gasteiger partial charge in [0.05, 0.1) is 23.1 Å². The quantitative estimate of drug-likeness (QED) is 0.118. The SMILES string of the molecule is CC(C)c1ccc2c(c1)CCC1C(C)(CNS(C)(=O)=O)CCCC21C.Nc1c(Oc2ccc(Cl)cc2)cc(O)c2c1C(=O)c1ccccc1C2=O. The molecule has 4 aromatic rings. The fraction of sp³-hybridized carbons (Fsp3) is 0.366.